The molecule has 1 saturated carbocycles. The van der Waals surface area contributed by atoms with Crippen molar-refractivity contribution in [1.29, 1.82) is 5.26 Å². The van der Waals surface area contributed by atoms with Crippen LogP contribution in [0.25, 0.3) is 11.7 Å². The molecule has 1 spiro atoms. The molecular weight excluding hydrogens is 428 g/mol. The van der Waals surface area contributed by atoms with Crippen LogP contribution in [0.15, 0.2) is 27.2 Å². The Bertz CT molecular complexity index is 1120. The molecule has 1 atom stereocenters. The van der Waals surface area contributed by atoms with Gasteiger partial charge in [0, 0.05) is 26.2 Å². The van der Waals surface area contributed by atoms with E-state index in [9.17, 15) is 19.6 Å². The summed E-state index contributed by atoms with van der Waals surface area (Å²) < 4.78 is 11.1. The van der Waals surface area contributed by atoms with Gasteiger partial charge >= 0.3 is 6.03 Å². The van der Waals surface area contributed by atoms with Crippen molar-refractivity contribution in [3.8, 4) is 17.7 Å². The van der Waals surface area contributed by atoms with E-state index in [2.05, 4.69) is 10.3 Å². The zero-order chi connectivity index (χ0) is 23.2. The molecule has 1 unspecified atom stereocenters. The number of nitrogens with one attached hydrogen (secondary N) is 1. The zero-order valence-electron chi connectivity index (χ0n) is 18.2. The SMILES string of the molecule is CC(C(=O)N1CCN(c2oc(-c3ccco3)nc2C#N)CC1)N1C(=O)NC2(CCCC2)C1=O. The van der Waals surface area contributed by atoms with E-state index in [0.29, 0.717) is 50.7 Å². The van der Waals surface area contributed by atoms with E-state index in [-0.39, 0.29) is 23.4 Å². The van der Waals surface area contributed by atoms with E-state index in [1.807, 2.05) is 11.0 Å². The average molecular weight is 452 g/mol. The average Bonchev–Trinajstić information content (AvgIpc) is 3.61. The maximum atomic E-state index is 13.1. The molecule has 3 fully saturated rings. The zero-order valence-corrected chi connectivity index (χ0v) is 18.2. The Morgan fingerprint density at radius 2 is 1.97 bits per heavy atom. The van der Waals surface area contributed by atoms with Crippen LogP contribution in [0.3, 0.4) is 0 Å². The highest BCUT2D eigenvalue weighted by molar-refractivity contribution is 6.10. The van der Waals surface area contributed by atoms with Crippen LogP contribution in [-0.2, 0) is 9.59 Å². The fourth-order valence-corrected chi connectivity index (χ4v) is 4.92. The van der Waals surface area contributed by atoms with Gasteiger partial charge in [0.15, 0.2) is 5.76 Å². The minimum absolute atomic E-state index is 0.149. The highest BCUT2D eigenvalue weighted by atomic mass is 16.4. The minimum Gasteiger partial charge on any atom is -0.459 e. The lowest BCUT2D eigenvalue weighted by atomic mass is 9.97. The first-order chi connectivity index (χ1) is 15.9. The minimum atomic E-state index is -0.880. The first-order valence-corrected chi connectivity index (χ1v) is 11.1. The van der Waals surface area contributed by atoms with Crippen molar-refractivity contribution in [2.45, 2.75) is 44.2 Å². The Kier molecular flexibility index (Phi) is 5.08. The normalized spacial score (nSPS) is 20.9. The molecule has 2 saturated heterocycles. The molecule has 3 aliphatic rings. The topological polar surface area (TPSA) is 136 Å². The van der Waals surface area contributed by atoms with Gasteiger partial charge in [0.2, 0.25) is 17.5 Å². The number of anilines is 1. The summed E-state index contributed by atoms with van der Waals surface area (Å²) in [5.41, 5.74) is -0.688. The van der Waals surface area contributed by atoms with Gasteiger partial charge in [-0.3, -0.25) is 9.59 Å². The molecule has 11 heteroatoms. The van der Waals surface area contributed by atoms with Crippen LogP contribution in [0.4, 0.5) is 10.7 Å². The molecule has 2 aromatic heterocycles. The number of urea groups is 1. The number of imide groups is 1. The summed E-state index contributed by atoms with van der Waals surface area (Å²) in [6.45, 7) is 3.16. The first kappa shape index (κ1) is 21.1. The Balaban J connectivity index is 1.25. The molecule has 4 heterocycles. The molecule has 0 radical (unpaired) electrons. The predicted octanol–water partition coefficient (Wildman–Crippen LogP) is 1.71. The van der Waals surface area contributed by atoms with E-state index in [1.165, 1.54) is 6.26 Å². The quantitative estimate of drug-likeness (QED) is 0.693. The van der Waals surface area contributed by atoms with Gasteiger partial charge in [0.1, 0.15) is 17.6 Å². The lowest BCUT2D eigenvalue weighted by molar-refractivity contribution is -0.143. The number of hydrogen-bond donors (Lipinski definition) is 1. The molecule has 2 aliphatic heterocycles. The predicted molar refractivity (Wildman–Crippen MR) is 114 cm³/mol. The van der Waals surface area contributed by atoms with Crippen LogP contribution in [0, 0.1) is 11.3 Å². The van der Waals surface area contributed by atoms with E-state index < -0.39 is 17.6 Å². The van der Waals surface area contributed by atoms with Crippen molar-refractivity contribution >= 4 is 23.7 Å². The summed E-state index contributed by atoms with van der Waals surface area (Å²) in [6, 6.07) is 4.07. The smallest absolute Gasteiger partial charge is 0.325 e. The Hall–Kier alpha value is -3.81. The third-order valence-corrected chi connectivity index (χ3v) is 6.72. The summed E-state index contributed by atoms with van der Waals surface area (Å²) in [5, 5.41) is 12.3. The summed E-state index contributed by atoms with van der Waals surface area (Å²) in [4.78, 5) is 47.4. The van der Waals surface area contributed by atoms with Gasteiger partial charge in [0.05, 0.1) is 6.26 Å². The largest absolute Gasteiger partial charge is 0.459 e. The van der Waals surface area contributed by atoms with Crippen molar-refractivity contribution in [3.05, 3.63) is 24.1 Å². The first-order valence-electron chi connectivity index (χ1n) is 11.1. The molecule has 0 bridgehead atoms. The number of hydrogen-bond acceptors (Lipinski definition) is 8. The number of piperazine rings is 1. The summed E-state index contributed by atoms with van der Waals surface area (Å²) in [5.74, 6) is 0.409. The summed E-state index contributed by atoms with van der Waals surface area (Å²) in [7, 11) is 0. The fraction of sp³-hybridized carbons (Fsp3) is 0.500. The van der Waals surface area contributed by atoms with Gasteiger partial charge in [-0.1, -0.05) is 12.8 Å². The van der Waals surface area contributed by atoms with Crippen LogP contribution < -0.4 is 10.2 Å². The Morgan fingerprint density at radius 1 is 1.24 bits per heavy atom. The van der Waals surface area contributed by atoms with Crippen molar-refractivity contribution in [3.63, 3.8) is 0 Å². The number of furan rings is 1. The second-order valence-electron chi connectivity index (χ2n) is 8.64. The third kappa shape index (κ3) is 3.42. The number of amides is 4. The van der Waals surface area contributed by atoms with E-state index in [0.717, 1.165) is 17.7 Å². The van der Waals surface area contributed by atoms with Crippen LogP contribution in [-0.4, -0.2) is 70.4 Å². The molecule has 11 nitrogen and oxygen atoms in total. The maximum Gasteiger partial charge on any atom is 0.325 e. The number of oxazole rings is 1. The number of carbonyl (C=O) groups is 3. The Labute approximate surface area is 189 Å². The molecule has 2 aromatic rings. The van der Waals surface area contributed by atoms with Gasteiger partial charge < -0.3 is 24.0 Å². The van der Waals surface area contributed by atoms with Crippen LogP contribution in [0.2, 0.25) is 0 Å². The van der Waals surface area contributed by atoms with E-state index in [1.54, 1.807) is 24.0 Å². The standard InChI is InChI=1S/C22H24N6O5/c1-14(28-20(30)22(25-21(28)31)6-2-3-7-22)18(29)26-8-10-27(11-9-26)19-15(13-23)24-17(33-19)16-5-4-12-32-16/h4-5,12,14H,2-3,6-11H2,1H3,(H,25,31). The maximum absolute atomic E-state index is 13.1. The summed E-state index contributed by atoms with van der Waals surface area (Å²) >= 11 is 0. The van der Waals surface area contributed by atoms with Crippen molar-refractivity contribution in [1.82, 2.24) is 20.1 Å². The summed E-state index contributed by atoms with van der Waals surface area (Å²) in [6.07, 6.45) is 4.51. The van der Waals surface area contributed by atoms with Gasteiger partial charge in [0.25, 0.3) is 11.8 Å². The third-order valence-electron chi connectivity index (χ3n) is 6.72. The molecule has 172 valence electrons. The lowest BCUT2D eigenvalue weighted by Crippen LogP contribution is -2.55. The van der Waals surface area contributed by atoms with Gasteiger partial charge in [-0.2, -0.15) is 10.2 Å². The van der Waals surface area contributed by atoms with Crippen LogP contribution >= 0.6 is 0 Å². The fourth-order valence-electron chi connectivity index (χ4n) is 4.92. The van der Waals surface area contributed by atoms with Crippen LogP contribution in [0.5, 0.6) is 0 Å². The number of nitriles is 1. The van der Waals surface area contributed by atoms with Gasteiger partial charge in [-0.05, 0) is 31.9 Å². The number of carbonyl (C=O) groups excluding carboxylic acids is 3. The van der Waals surface area contributed by atoms with E-state index in [4.69, 9.17) is 8.83 Å². The molecule has 5 rings (SSSR count). The second-order valence-corrected chi connectivity index (χ2v) is 8.64. The number of aromatic nitrogens is 1. The molecule has 33 heavy (non-hydrogen) atoms. The molecule has 0 aromatic carbocycles. The Morgan fingerprint density at radius 3 is 2.61 bits per heavy atom. The molecule has 4 amide bonds. The van der Waals surface area contributed by atoms with Crippen LogP contribution in [0.1, 0.15) is 38.3 Å². The molecule has 1 N–H and O–H groups in total. The highest BCUT2D eigenvalue weighted by Gasteiger charge is 2.54. The van der Waals surface area contributed by atoms with Gasteiger partial charge in [-0.15, -0.1) is 0 Å². The molecule has 1 aliphatic carbocycles. The van der Waals surface area contributed by atoms with Crippen molar-refractivity contribution < 1.29 is 23.2 Å². The second kappa shape index (κ2) is 7.95. The molecular formula is C22H24N6O5. The highest BCUT2D eigenvalue weighted by Crippen LogP contribution is 2.36. The number of rotatable bonds is 4. The van der Waals surface area contributed by atoms with Crippen molar-refractivity contribution in [2.75, 3.05) is 31.1 Å². The lowest BCUT2D eigenvalue weighted by Gasteiger charge is -2.36. The van der Waals surface area contributed by atoms with Crippen molar-refractivity contribution in [2.24, 2.45) is 0 Å². The van der Waals surface area contributed by atoms with Gasteiger partial charge in [-0.25, -0.2) is 9.69 Å². The number of nitrogens with zero attached hydrogens (tertiary/aromatic N) is 5. The monoisotopic (exact) mass is 452 g/mol. The van der Waals surface area contributed by atoms with E-state index >= 15 is 0 Å².